The molecule has 3 heterocycles. The van der Waals surface area contributed by atoms with Crippen molar-refractivity contribution in [1.29, 1.82) is 0 Å². The summed E-state index contributed by atoms with van der Waals surface area (Å²) >= 11 is 8.45. The van der Waals surface area contributed by atoms with E-state index in [2.05, 4.69) is 274 Å². The van der Waals surface area contributed by atoms with Crippen LogP contribution in [0.4, 0.5) is 0 Å². The average molecular weight is 1170 g/mol. The molecule has 4 bridgehead atoms. The number of hydrogen-bond acceptors (Lipinski definition) is 12. The molecule has 0 spiro atoms. The summed E-state index contributed by atoms with van der Waals surface area (Å²) in [6.45, 7) is 44.3. The molecule has 3 aliphatic heterocycles. The summed E-state index contributed by atoms with van der Waals surface area (Å²) in [7, 11) is 18.8. The van der Waals surface area contributed by atoms with Gasteiger partial charge in [0.05, 0.1) is 0 Å². The fourth-order valence-electron chi connectivity index (χ4n) is 11.3. The number of fused-ring (bicyclic) bond motifs is 6. The van der Waals surface area contributed by atoms with Gasteiger partial charge in [0, 0.05) is 147 Å². The molecule has 0 saturated heterocycles. The van der Waals surface area contributed by atoms with Crippen LogP contribution >= 0.6 is 47.0 Å². The molecule has 0 saturated carbocycles. The number of hydrogen-bond donors (Lipinski definition) is 0. The Morgan fingerprint density at radius 1 is 0.237 bits per heavy atom. The molecule has 7 rings (SSSR count). The van der Waals surface area contributed by atoms with E-state index in [9.17, 15) is 0 Å². The lowest BCUT2D eigenvalue weighted by molar-refractivity contribution is 0.239. The molecule has 0 unspecified atom stereocenters. The van der Waals surface area contributed by atoms with Crippen LogP contribution < -0.4 is 0 Å². The number of rotatable bonds is 0. The second kappa shape index (κ2) is 28.0. The third kappa shape index (κ3) is 18.5. The summed E-state index contributed by atoms with van der Waals surface area (Å²) in [5.41, 5.74) is 17.9. The molecule has 4 aromatic rings. The lowest BCUT2D eigenvalue weighted by Gasteiger charge is -2.31. The van der Waals surface area contributed by atoms with E-state index in [0.29, 0.717) is 0 Å². The minimum atomic E-state index is 0.0472. The van der Waals surface area contributed by atoms with Crippen molar-refractivity contribution in [2.24, 2.45) is 0 Å². The van der Waals surface area contributed by atoms with Crippen LogP contribution in [0.5, 0.6) is 0 Å². The Bertz CT molecular complexity index is 2330. The molecule has 3 aliphatic rings. The Labute approximate surface area is 506 Å². The van der Waals surface area contributed by atoms with Gasteiger partial charge in [-0.05, 0) is 145 Å². The SMILES string of the molecule is CN1CCN(C)Cc2cc(C(C)(C)C)cc3c2SCCSc2c(cc(C(C)(C)C)cc2CN(C)CCN(C)Cc2cc(C(C)(C)C)cc4c2SCCSc2c(cc(C(C)(C)C)cc2CN(C)CCN(C)C3)CN(C)CCN(C)C4)C1. The van der Waals surface area contributed by atoms with Crippen LogP contribution in [0.25, 0.3) is 0 Å². The minimum Gasteiger partial charge on any atom is -0.301 e. The fourth-order valence-corrected chi connectivity index (χ4v) is 16.0. The topological polar surface area (TPSA) is 25.9 Å². The van der Waals surface area contributed by atoms with Gasteiger partial charge in [-0.15, -0.1) is 47.0 Å². The molecule has 0 amide bonds. The normalized spacial score (nSPS) is 20.1. The smallest absolute Gasteiger partial charge is 0.0242 e. The summed E-state index contributed by atoms with van der Waals surface area (Å²) in [6, 6.07) is 20.6. The number of likely N-dealkylation sites (N-methyl/N-ethyl adjacent to an activating group) is 8. The van der Waals surface area contributed by atoms with Gasteiger partial charge in [-0.3, -0.25) is 0 Å². The highest BCUT2D eigenvalue weighted by atomic mass is 32.2. The molecule has 444 valence electrons. The standard InChI is InChI=1S/C68H108N8S4/c1-65(2,3)57-33-49-41-69(13)21-22-70(14)42-50-34-58(66(4,5)6)39-55-47-75(19)27-28-76(20)48-56-40-60(68(10,11)12)36-52-44-72(16)24-23-71(15)43-51-35-59(67(7,8)9)38-54(63(51)79-31-32-80-64(52)56)46-74(18)26-25-73(17)45-53(37-57)61(49)77-29-30-78-62(50)55/h33-40H,21-32,41-48H2,1-20H3. The monoisotopic (exact) mass is 1160 g/mol. The Balaban J connectivity index is 1.33. The summed E-state index contributed by atoms with van der Waals surface area (Å²) in [5.74, 6) is 4.25. The van der Waals surface area contributed by atoms with Gasteiger partial charge in [-0.1, -0.05) is 132 Å². The predicted octanol–water partition coefficient (Wildman–Crippen LogP) is 13.8. The molecule has 0 fully saturated rings. The Hall–Kier alpha value is -2.04. The number of thioether (sulfide) groups is 4. The summed E-state index contributed by atoms with van der Waals surface area (Å²) in [4.78, 5) is 26.7. The van der Waals surface area contributed by atoms with Crippen LogP contribution in [0.1, 0.15) is 150 Å². The zero-order valence-corrected chi connectivity index (χ0v) is 57.2. The van der Waals surface area contributed by atoms with Crippen LogP contribution in [-0.2, 0) is 74.0 Å². The van der Waals surface area contributed by atoms with E-state index in [-0.39, 0.29) is 21.7 Å². The predicted molar refractivity (Wildman–Crippen MR) is 354 cm³/mol. The molecular formula is C68H108N8S4. The van der Waals surface area contributed by atoms with Crippen LogP contribution in [0, 0.1) is 0 Å². The molecule has 0 aliphatic carbocycles. The largest absolute Gasteiger partial charge is 0.301 e. The lowest BCUT2D eigenvalue weighted by Crippen LogP contribution is -2.32. The summed E-state index contributed by atoms with van der Waals surface area (Å²) in [5, 5.41) is 0. The second-order valence-corrected chi connectivity index (χ2v) is 33.2. The van der Waals surface area contributed by atoms with Crippen molar-refractivity contribution >= 4 is 47.0 Å². The fraction of sp³-hybridized carbons (Fsp3) is 0.647. The van der Waals surface area contributed by atoms with Gasteiger partial charge in [-0.2, -0.15) is 0 Å². The van der Waals surface area contributed by atoms with Crippen molar-refractivity contribution in [2.75, 3.05) is 132 Å². The maximum Gasteiger partial charge on any atom is 0.0242 e. The van der Waals surface area contributed by atoms with E-state index in [1.807, 2.05) is 0 Å². The molecule has 80 heavy (non-hydrogen) atoms. The molecule has 12 heteroatoms. The van der Waals surface area contributed by atoms with Gasteiger partial charge in [0.25, 0.3) is 0 Å². The summed E-state index contributed by atoms with van der Waals surface area (Å²) < 4.78 is 0. The highest BCUT2D eigenvalue weighted by molar-refractivity contribution is 8.03. The van der Waals surface area contributed by atoms with Crippen LogP contribution in [0.15, 0.2) is 68.1 Å². The highest BCUT2D eigenvalue weighted by Crippen LogP contribution is 2.41. The lowest BCUT2D eigenvalue weighted by atomic mass is 9.84. The van der Waals surface area contributed by atoms with Crippen molar-refractivity contribution in [3.05, 3.63) is 115 Å². The zero-order valence-electron chi connectivity index (χ0n) is 54.0. The number of nitrogens with zero attached hydrogens (tertiary/aromatic N) is 8. The Morgan fingerprint density at radius 3 is 0.475 bits per heavy atom. The van der Waals surface area contributed by atoms with Crippen LogP contribution in [-0.4, -0.2) is 171 Å². The van der Waals surface area contributed by atoms with Crippen LogP contribution in [0.3, 0.4) is 0 Å². The van der Waals surface area contributed by atoms with Gasteiger partial charge in [-0.25, -0.2) is 0 Å². The molecule has 0 radical (unpaired) electrons. The highest BCUT2D eigenvalue weighted by Gasteiger charge is 2.27. The van der Waals surface area contributed by atoms with E-state index in [1.165, 1.54) is 86.3 Å². The van der Waals surface area contributed by atoms with Crippen molar-refractivity contribution in [3.63, 3.8) is 0 Å². The molecular weight excluding hydrogens is 1060 g/mol. The van der Waals surface area contributed by atoms with Gasteiger partial charge in [0.1, 0.15) is 0 Å². The first-order valence-electron chi connectivity index (χ1n) is 30.1. The maximum absolute atomic E-state index is 2.60. The third-order valence-electron chi connectivity index (χ3n) is 16.6. The van der Waals surface area contributed by atoms with E-state index >= 15 is 0 Å². The van der Waals surface area contributed by atoms with Gasteiger partial charge in [0.15, 0.2) is 0 Å². The van der Waals surface area contributed by atoms with Crippen molar-refractivity contribution < 1.29 is 0 Å². The first-order valence-corrected chi connectivity index (χ1v) is 34.0. The molecule has 0 N–H and O–H groups in total. The first kappa shape index (κ1) is 65.5. The van der Waals surface area contributed by atoms with Gasteiger partial charge in [0.2, 0.25) is 0 Å². The first-order chi connectivity index (χ1) is 37.4. The Kier molecular flexibility index (Phi) is 22.9. The van der Waals surface area contributed by atoms with E-state index in [4.69, 9.17) is 0 Å². The van der Waals surface area contributed by atoms with Crippen LogP contribution in [0.2, 0.25) is 0 Å². The van der Waals surface area contributed by atoms with Crippen molar-refractivity contribution in [1.82, 2.24) is 39.2 Å². The zero-order chi connectivity index (χ0) is 58.5. The van der Waals surface area contributed by atoms with Gasteiger partial charge >= 0.3 is 0 Å². The van der Waals surface area contributed by atoms with Crippen molar-refractivity contribution in [2.45, 2.75) is 177 Å². The minimum absolute atomic E-state index is 0.0472. The molecule has 8 nitrogen and oxygen atoms in total. The van der Waals surface area contributed by atoms with Gasteiger partial charge < -0.3 is 39.2 Å². The Morgan fingerprint density at radius 2 is 0.362 bits per heavy atom. The summed E-state index contributed by atoms with van der Waals surface area (Å²) in [6.07, 6.45) is 0. The second-order valence-electron chi connectivity index (χ2n) is 28.8. The molecule has 0 atom stereocenters. The molecule has 4 aromatic carbocycles. The number of benzene rings is 4. The van der Waals surface area contributed by atoms with E-state index in [0.717, 1.165) is 128 Å². The third-order valence-corrected chi connectivity index (χ3v) is 22.0. The van der Waals surface area contributed by atoms with E-state index in [1.54, 1.807) is 0 Å². The maximum atomic E-state index is 2.60. The van der Waals surface area contributed by atoms with E-state index < -0.39 is 0 Å². The quantitative estimate of drug-likeness (QED) is 0.168. The van der Waals surface area contributed by atoms with Crippen molar-refractivity contribution in [3.8, 4) is 0 Å². The average Bonchev–Trinajstić information content (AvgIpc) is 3.34. The molecule has 0 aromatic heterocycles.